The highest BCUT2D eigenvalue weighted by Gasteiger charge is 1.97. The number of nitrogens with one attached hydrogen (secondary N) is 1. The van der Waals surface area contributed by atoms with Gasteiger partial charge in [0.2, 0.25) is 0 Å². The van der Waals surface area contributed by atoms with E-state index in [1.807, 2.05) is 48.5 Å². The normalized spacial score (nSPS) is 10.1. The molecule has 0 saturated carbocycles. The average molecular weight is 281 g/mol. The molecule has 2 aromatic rings. The second-order valence-electron chi connectivity index (χ2n) is 5.00. The topological polar surface area (TPSA) is 21.3 Å². The minimum absolute atomic E-state index is 0.859. The largest absolute Gasteiger partial charge is 0.457 e. The summed E-state index contributed by atoms with van der Waals surface area (Å²) in [5, 5.41) is 3.43. The Balaban J connectivity index is 1.73. The van der Waals surface area contributed by atoms with E-state index in [1.54, 1.807) is 0 Å². The molecule has 0 heterocycles. The summed E-state index contributed by atoms with van der Waals surface area (Å²) in [6.45, 7) is 4.75. The number of rotatable bonds is 9. The molecule has 2 aromatic carbocycles. The van der Waals surface area contributed by atoms with E-state index in [-0.39, 0.29) is 0 Å². The molecule has 0 amide bonds. The van der Waals surface area contributed by atoms with Gasteiger partial charge in [-0.3, -0.25) is 0 Å². The maximum absolute atomic E-state index is 5.77. The number of unbranched alkanes of at least 4 members (excludes halogenated alkanes) is 3. The maximum Gasteiger partial charge on any atom is 0.127 e. The van der Waals surface area contributed by atoms with E-state index in [0.717, 1.165) is 30.2 Å². The van der Waals surface area contributed by atoms with E-state index in [0.29, 0.717) is 0 Å². The molecule has 0 atom stereocenters. The highest BCUT2D eigenvalue weighted by atomic mass is 16.5. The first-order valence-corrected chi connectivity index (χ1v) is 7.56. The third-order valence-electron chi connectivity index (χ3n) is 3.25. The number of hydrogen-bond donors (Lipinski definition) is 1. The van der Waals surface area contributed by atoms with Crippen LogP contribution in [0.5, 0.6) is 11.5 Å². The molecule has 0 unspecified atom stereocenters. The number of para-hydroxylation sites is 1. The summed E-state index contributed by atoms with van der Waals surface area (Å²) in [5.74, 6) is 1.72. The van der Waals surface area contributed by atoms with Crippen molar-refractivity contribution in [1.29, 1.82) is 0 Å². The molecule has 2 heteroatoms. The molecule has 0 aliphatic rings. The first kappa shape index (κ1) is 15.2. The third-order valence-corrected chi connectivity index (χ3v) is 3.25. The van der Waals surface area contributed by atoms with Crippen molar-refractivity contribution < 1.29 is 4.74 Å². The van der Waals surface area contributed by atoms with E-state index in [2.05, 4.69) is 24.0 Å². The van der Waals surface area contributed by atoms with Crippen LogP contribution in [0.25, 0.3) is 0 Å². The summed E-state index contributed by atoms with van der Waals surface area (Å²) in [6, 6.07) is 17.9. The molecule has 0 aliphatic carbocycles. The first-order chi connectivity index (χ1) is 10.4. The summed E-state index contributed by atoms with van der Waals surface area (Å²) >= 11 is 0. The number of hydrogen-bond acceptors (Lipinski definition) is 2. The van der Waals surface area contributed by atoms with E-state index in [9.17, 15) is 0 Å². The first-order valence-electron chi connectivity index (χ1n) is 7.56. The minimum Gasteiger partial charge on any atom is -0.457 e. The minimum atomic E-state index is 0.859. The lowest BCUT2D eigenvalue weighted by Crippen LogP contribution is -2.01. The summed E-state index contributed by atoms with van der Waals surface area (Å²) in [4.78, 5) is 0. The molecule has 0 aliphatic heterocycles. The Bertz CT molecular complexity index is 519. The molecule has 0 fully saturated rings. The summed E-state index contributed by atoms with van der Waals surface area (Å²) in [6.07, 6.45) is 6.77. The van der Waals surface area contributed by atoms with Crippen LogP contribution in [0.3, 0.4) is 0 Å². The molecule has 0 aromatic heterocycles. The Morgan fingerprint density at radius 3 is 2.29 bits per heavy atom. The lowest BCUT2D eigenvalue weighted by Gasteiger charge is -2.08. The zero-order chi connectivity index (χ0) is 14.8. The van der Waals surface area contributed by atoms with Crippen molar-refractivity contribution in [1.82, 2.24) is 0 Å². The van der Waals surface area contributed by atoms with Crippen molar-refractivity contribution in [2.24, 2.45) is 0 Å². The smallest absolute Gasteiger partial charge is 0.127 e. The predicted molar refractivity (Wildman–Crippen MR) is 90.1 cm³/mol. The zero-order valence-electron chi connectivity index (χ0n) is 12.4. The molecule has 1 N–H and O–H groups in total. The number of benzene rings is 2. The van der Waals surface area contributed by atoms with Gasteiger partial charge in [-0.1, -0.05) is 30.7 Å². The van der Waals surface area contributed by atoms with Gasteiger partial charge < -0.3 is 10.1 Å². The SMILES string of the molecule is C=CCCCCCNc1ccc(Oc2ccccc2)cc1. The highest BCUT2D eigenvalue weighted by molar-refractivity contribution is 5.47. The molecular weight excluding hydrogens is 258 g/mol. The molecular formula is C19H23NO. The van der Waals surface area contributed by atoms with Crippen molar-refractivity contribution >= 4 is 5.69 Å². The molecule has 110 valence electrons. The predicted octanol–water partition coefficient (Wildman–Crippen LogP) is 5.64. The van der Waals surface area contributed by atoms with Crippen molar-refractivity contribution in [2.45, 2.75) is 25.7 Å². The van der Waals surface area contributed by atoms with Gasteiger partial charge in [-0.2, -0.15) is 0 Å². The van der Waals surface area contributed by atoms with Crippen molar-refractivity contribution in [3.8, 4) is 11.5 Å². The van der Waals surface area contributed by atoms with E-state index < -0.39 is 0 Å². The lowest BCUT2D eigenvalue weighted by molar-refractivity contribution is 0.483. The lowest BCUT2D eigenvalue weighted by atomic mass is 10.2. The molecule has 0 saturated heterocycles. The van der Waals surface area contributed by atoms with Gasteiger partial charge in [-0.15, -0.1) is 6.58 Å². The summed E-state index contributed by atoms with van der Waals surface area (Å²) in [7, 11) is 0. The summed E-state index contributed by atoms with van der Waals surface area (Å²) < 4.78 is 5.77. The monoisotopic (exact) mass is 281 g/mol. The highest BCUT2D eigenvalue weighted by Crippen LogP contribution is 2.22. The number of anilines is 1. The second kappa shape index (κ2) is 8.85. The van der Waals surface area contributed by atoms with Gasteiger partial charge in [0.05, 0.1) is 0 Å². The second-order valence-corrected chi connectivity index (χ2v) is 5.00. The molecule has 0 spiro atoms. The van der Waals surface area contributed by atoms with Crippen molar-refractivity contribution in [3.63, 3.8) is 0 Å². The van der Waals surface area contributed by atoms with Crippen LogP contribution in [0.1, 0.15) is 25.7 Å². The zero-order valence-corrected chi connectivity index (χ0v) is 12.4. The molecule has 0 bridgehead atoms. The fraction of sp³-hybridized carbons (Fsp3) is 0.263. The van der Waals surface area contributed by atoms with Crippen LogP contribution in [0.2, 0.25) is 0 Å². The van der Waals surface area contributed by atoms with Crippen LogP contribution < -0.4 is 10.1 Å². The van der Waals surface area contributed by atoms with Gasteiger partial charge in [0.15, 0.2) is 0 Å². The van der Waals surface area contributed by atoms with Crippen LogP contribution in [-0.4, -0.2) is 6.54 Å². The number of ether oxygens (including phenoxy) is 1. The van der Waals surface area contributed by atoms with E-state index in [4.69, 9.17) is 4.74 Å². The van der Waals surface area contributed by atoms with Crippen LogP contribution in [0.15, 0.2) is 67.3 Å². The van der Waals surface area contributed by atoms with Crippen LogP contribution in [-0.2, 0) is 0 Å². The van der Waals surface area contributed by atoms with Crippen molar-refractivity contribution in [3.05, 3.63) is 67.3 Å². The van der Waals surface area contributed by atoms with Gasteiger partial charge >= 0.3 is 0 Å². The maximum atomic E-state index is 5.77. The Morgan fingerprint density at radius 1 is 0.857 bits per heavy atom. The Morgan fingerprint density at radius 2 is 1.57 bits per heavy atom. The van der Waals surface area contributed by atoms with E-state index in [1.165, 1.54) is 19.3 Å². The Kier molecular flexibility index (Phi) is 6.40. The van der Waals surface area contributed by atoms with Gasteiger partial charge in [-0.05, 0) is 55.7 Å². The molecule has 21 heavy (non-hydrogen) atoms. The number of allylic oxidation sites excluding steroid dienone is 1. The van der Waals surface area contributed by atoms with Gasteiger partial charge in [0.25, 0.3) is 0 Å². The fourth-order valence-corrected chi connectivity index (χ4v) is 2.09. The Labute approximate surface area is 127 Å². The van der Waals surface area contributed by atoms with E-state index >= 15 is 0 Å². The Hall–Kier alpha value is -2.22. The quantitative estimate of drug-likeness (QED) is 0.474. The molecule has 2 nitrogen and oxygen atoms in total. The third kappa shape index (κ3) is 5.74. The van der Waals surface area contributed by atoms with Gasteiger partial charge in [0.1, 0.15) is 11.5 Å². The summed E-state index contributed by atoms with van der Waals surface area (Å²) in [5.41, 5.74) is 1.14. The average Bonchev–Trinajstić information content (AvgIpc) is 2.53. The molecule has 2 rings (SSSR count). The van der Waals surface area contributed by atoms with Crippen LogP contribution in [0.4, 0.5) is 5.69 Å². The molecule has 0 radical (unpaired) electrons. The fourth-order valence-electron chi connectivity index (χ4n) is 2.09. The van der Waals surface area contributed by atoms with Gasteiger partial charge in [0, 0.05) is 12.2 Å². The van der Waals surface area contributed by atoms with Crippen LogP contribution in [0, 0.1) is 0 Å². The van der Waals surface area contributed by atoms with Gasteiger partial charge in [-0.25, -0.2) is 0 Å². The standard InChI is InChI=1S/C19H23NO/c1-2-3-4-5-9-16-20-17-12-14-19(15-13-17)21-18-10-7-6-8-11-18/h2,6-8,10-15,20H,1,3-5,9,16H2. The van der Waals surface area contributed by atoms with Crippen molar-refractivity contribution in [2.75, 3.05) is 11.9 Å². The van der Waals surface area contributed by atoms with Crippen LogP contribution >= 0.6 is 0 Å².